The van der Waals surface area contributed by atoms with Crippen molar-refractivity contribution in [3.8, 4) is 0 Å². The molecule has 2 N–H and O–H groups in total. The molecule has 2 aromatic rings. The Morgan fingerprint density at radius 1 is 1.11 bits per heavy atom. The number of alkyl halides is 3. The highest BCUT2D eigenvalue weighted by Crippen LogP contribution is 2.48. The molecule has 0 aromatic heterocycles. The molecule has 1 saturated carbocycles. The fourth-order valence-corrected chi connectivity index (χ4v) is 5.48. The molecular weight excluding hydrogens is 507 g/mol. The molecule has 2 aromatic carbocycles. The zero-order chi connectivity index (χ0) is 27.0. The number of benzene rings is 2. The van der Waals surface area contributed by atoms with Crippen LogP contribution in [0.2, 0.25) is 5.02 Å². The summed E-state index contributed by atoms with van der Waals surface area (Å²) in [5, 5.41) is 14.3. The predicted octanol–water partition coefficient (Wildman–Crippen LogP) is 4.78. The van der Waals surface area contributed by atoms with E-state index in [1.165, 1.54) is 23.1 Å². The number of carbonyl (C=O) groups excluding carboxylic acids is 2. The average molecular weight is 538 g/mol. The number of hydrogen-bond donors (Lipinski definition) is 2. The van der Waals surface area contributed by atoms with E-state index in [1.807, 2.05) is 6.07 Å². The largest absolute Gasteiger partial charge is 0.430 e. The number of amides is 2. The first kappa shape index (κ1) is 27.3. The summed E-state index contributed by atoms with van der Waals surface area (Å²) in [5.41, 5.74) is -2.77. The SMILES string of the molecule is CN(C)C(=O)c1ccc(NC[C@H]2C[C@H]2C2CCN(C(=O)[C@](O)(c3ccccc3)C(F)(F)F)CC2)cc1Cl. The van der Waals surface area contributed by atoms with Crippen LogP contribution < -0.4 is 5.32 Å². The molecule has 2 aliphatic rings. The van der Waals surface area contributed by atoms with Gasteiger partial charge in [-0.2, -0.15) is 13.2 Å². The maximum absolute atomic E-state index is 13.9. The lowest BCUT2D eigenvalue weighted by atomic mass is 9.87. The molecule has 4 rings (SSSR count). The lowest BCUT2D eigenvalue weighted by molar-refractivity contribution is -0.262. The third kappa shape index (κ3) is 5.57. The molecule has 2 fully saturated rings. The molecule has 2 amide bonds. The second-order valence-corrected chi connectivity index (χ2v) is 10.5. The third-order valence-electron chi connectivity index (χ3n) is 7.49. The minimum Gasteiger partial charge on any atom is -0.385 e. The van der Waals surface area contributed by atoms with Crippen molar-refractivity contribution in [3.63, 3.8) is 0 Å². The first-order valence-corrected chi connectivity index (χ1v) is 12.7. The molecule has 10 heteroatoms. The highest BCUT2D eigenvalue weighted by atomic mass is 35.5. The van der Waals surface area contributed by atoms with E-state index in [1.54, 1.807) is 26.2 Å². The van der Waals surface area contributed by atoms with Gasteiger partial charge in [0.05, 0.1) is 10.6 Å². The van der Waals surface area contributed by atoms with Crippen molar-refractivity contribution >= 4 is 29.1 Å². The Kier molecular flexibility index (Phi) is 7.76. The van der Waals surface area contributed by atoms with Crippen LogP contribution in [0.1, 0.15) is 35.2 Å². The number of nitrogens with zero attached hydrogens (tertiary/aromatic N) is 2. The summed E-state index contributed by atoms with van der Waals surface area (Å²) in [7, 11) is 3.33. The number of piperidine rings is 1. The van der Waals surface area contributed by atoms with Crippen molar-refractivity contribution in [2.75, 3.05) is 39.0 Å². The Labute approximate surface area is 219 Å². The Hall–Kier alpha value is -2.78. The minimum atomic E-state index is -5.13. The maximum atomic E-state index is 13.9. The number of rotatable bonds is 7. The Morgan fingerprint density at radius 2 is 1.76 bits per heavy atom. The van der Waals surface area contributed by atoms with Gasteiger partial charge >= 0.3 is 6.18 Å². The van der Waals surface area contributed by atoms with E-state index >= 15 is 0 Å². The molecule has 0 bridgehead atoms. The average Bonchev–Trinajstić information content (AvgIpc) is 3.66. The van der Waals surface area contributed by atoms with Crippen molar-refractivity contribution in [3.05, 3.63) is 64.7 Å². The van der Waals surface area contributed by atoms with Gasteiger partial charge in [-0.3, -0.25) is 9.59 Å². The van der Waals surface area contributed by atoms with Crippen molar-refractivity contribution < 1.29 is 27.9 Å². The van der Waals surface area contributed by atoms with Crippen LogP contribution in [0.25, 0.3) is 0 Å². The summed E-state index contributed by atoms with van der Waals surface area (Å²) in [4.78, 5) is 27.7. The van der Waals surface area contributed by atoms with Gasteiger partial charge in [0.2, 0.25) is 0 Å². The van der Waals surface area contributed by atoms with Crippen LogP contribution in [0.15, 0.2) is 48.5 Å². The van der Waals surface area contributed by atoms with Crippen molar-refractivity contribution in [1.82, 2.24) is 9.80 Å². The minimum absolute atomic E-state index is 0.166. The van der Waals surface area contributed by atoms with Gasteiger partial charge in [0.15, 0.2) is 0 Å². The van der Waals surface area contributed by atoms with E-state index in [0.29, 0.717) is 41.2 Å². The molecule has 37 heavy (non-hydrogen) atoms. The molecule has 1 aliphatic carbocycles. The molecule has 1 saturated heterocycles. The van der Waals surface area contributed by atoms with Crippen LogP contribution in [-0.4, -0.2) is 66.6 Å². The van der Waals surface area contributed by atoms with Gasteiger partial charge in [0.25, 0.3) is 17.4 Å². The molecule has 1 heterocycles. The summed E-state index contributed by atoms with van der Waals surface area (Å²) in [5.74, 6) is -0.306. The van der Waals surface area contributed by atoms with Crippen molar-refractivity contribution in [2.24, 2.45) is 17.8 Å². The molecule has 0 unspecified atom stereocenters. The zero-order valence-electron chi connectivity index (χ0n) is 20.8. The third-order valence-corrected chi connectivity index (χ3v) is 7.81. The summed E-state index contributed by atoms with van der Waals surface area (Å²) in [6.45, 7) is 1.09. The quantitative estimate of drug-likeness (QED) is 0.533. The molecule has 200 valence electrons. The topological polar surface area (TPSA) is 72.9 Å². The highest BCUT2D eigenvalue weighted by molar-refractivity contribution is 6.34. The van der Waals surface area contributed by atoms with Crippen LogP contribution in [0.3, 0.4) is 0 Å². The zero-order valence-corrected chi connectivity index (χ0v) is 21.5. The number of hydrogen-bond acceptors (Lipinski definition) is 4. The van der Waals surface area contributed by atoms with Gasteiger partial charge in [-0.25, -0.2) is 0 Å². The van der Waals surface area contributed by atoms with E-state index in [-0.39, 0.29) is 19.0 Å². The number of nitrogens with one attached hydrogen (secondary N) is 1. The summed E-state index contributed by atoms with van der Waals surface area (Å²) in [6, 6.07) is 11.8. The predicted molar refractivity (Wildman–Crippen MR) is 135 cm³/mol. The highest BCUT2D eigenvalue weighted by Gasteiger charge is 2.62. The second kappa shape index (κ2) is 10.5. The number of likely N-dealkylation sites (tertiary alicyclic amines) is 1. The molecule has 0 spiro atoms. The van der Waals surface area contributed by atoms with E-state index in [2.05, 4.69) is 5.32 Å². The lowest BCUT2D eigenvalue weighted by Crippen LogP contribution is -2.57. The van der Waals surface area contributed by atoms with E-state index in [4.69, 9.17) is 11.6 Å². The first-order chi connectivity index (χ1) is 17.4. The number of aliphatic hydroxyl groups is 1. The molecule has 1 aliphatic heterocycles. The van der Waals surface area contributed by atoms with E-state index < -0.39 is 23.2 Å². The van der Waals surface area contributed by atoms with E-state index in [9.17, 15) is 27.9 Å². The van der Waals surface area contributed by atoms with Crippen molar-refractivity contribution in [1.29, 1.82) is 0 Å². The fraction of sp³-hybridized carbons (Fsp3) is 0.481. The van der Waals surface area contributed by atoms with Gasteiger partial charge in [-0.1, -0.05) is 41.9 Å². The van der Waals surface area contributed by atoms with Crippen LogP contribution in [-0.2, 0) is 10.4 Å². The monoisotopic (exact) mass is 537 g/mol. The molecule has 0 radical (unpaired) electrons. The lowest BCUT2D eigenvalue weighted by Gasteiger charge is -2.38. The molecular formula is C27H31ClF3N3O3. The van der Waals surface area contributed by atoms with Gasteiger partial charge in [0, 0.05) is 45.0 Å². The fourth-order valence-electron chi connectivity index (χ4n) is 5.22. The second-order valence-electron chi connectivity index (χ2n) is 10.1. The van der Waals surface area contributed by atoms with E-state index in [0.717, 1.165) is 35.7 Å². The normalized spacial score (nSPS) is 21.8. The Bertz CT molecular complexity index is 1140. The Balaban J connectivity index is 1.30. The van der Waals surface area contributed by atoms with Crippen LogP contribution in [0, 0.1) is 17.8 Å². The summed E-state index contributed by atoms with van der Waals surface area (Å²) in [6.07, 6.45) is -2.92. The number of anilines is 1. The number of halogens is 4. The van der Waals surface area contributed by atoms with Gasteiger partial charge in [0.1, 0.15) is 0 Å². The summed E-state index contributed by atoms with van der Waals surface area (Å²) >= 11 is 6.28. The first-order valence-electron chi connectivity index (χ1n) is 12.3. The van der Waals surface area contributed by atoms with Crippen LogP contribution >= 0.6 is 11.6 Å². The maximum Gasteiger partial charge on any atom is 0.430 e. The van der Waals surface area contributed by atoms with Crippen LogP contribution in [0.5, 0.6) is 0 Å². The van der Waals surface area contributed by atoms with Gasteiger partial charge in [-0.15, -0.1) is 0 Å². The molecule has 3 atom stereocenters. The van der Waals surface area contributed by atoms with Crippen molar-refractivity contribution in [2.45, 2.75) is 31.0 Å². The van der Waals surface area contributed by atoms with Crippen LogP contribution in [0.4, 0.5) is 18.9 Å². The smallest absolute Gasteiger partial charge is 0.385 e. The standard InChI is InChI=1S/C27H31ClF3N3O3/c1-33(2)24(35)21-9-8-20(15-23(21)28)32-16-18-14-22(18)17-10-12-34(13-11-17)25(36)26(37,27(29,30)31)19-6-4-3-5-7-19/h3-9,15,17-18,22,32,37H,10-14,16H2,1-2H3/t18-,22+,26-/m1/s1. The summed E-state index contributed by atoms with van der Waals surface area (Å²) < 4.78 is 41.6. The molecule has 6 nitrogen and oxygen atoms in total. The van der Waals surface area contributed by atoms with Gasteiger partial charge in [-0.05, 0) is 55.2 Å². The number of carbonyl (C=O) groups is 2. The van der Waals surface area contributed by atoms with Gasteiger partial charge < -0.3 is 20.2 Å². The Morgan fingerprint density at radius 3 is 2.32 bits per heavy atom.